The first-order valence-electron chi connectivity index (χ1n) is 7.34. The molecule has 3 amide bonds. The van der Waals surface area contributed by atoms with Crippen molar-refractivity contribution in [2.75, 3.05) is 11.1 Å². The van der Waals surface area contributed by atoms with Crippen molar-refractivity contribution in [2.24, 2.45) is 0 Å². The smallest absolute Gasteiger partial charge is 0.325 e. The molecule has 134 valence electrons. The Bertz CT molecular complexity index is 912. The van der Waals surface area contributed by atoms with E-state index in [1.165, 1.54) is 30.3 Å². The molecule has 9 heteroatoms. The van der Waals surface area contributed by atoms with Crippen LogP contribution in [0.3, 0.4) is 0 Å². The molecular weight excluding hydrogens is 369 g/mol. The van der Waals surface area contributed by atoms with Crippen LogP contribution in [0.4, 0.5) is 18.9 Å². The number of fused-ring (bicyclic) bond motifs is 1. The van der Waals surface area contributed by atoms with E-state index in [-0.39, 0.29) is 16.9 Å². The van der Waals surface area contributed by atoms with Crippen LogP contribution in [0.15, 0.2) is 47.4 Å². The van der Waals surface area contributed by atoms with Gasteiger partial charge in [0, 0.05) is 10.6 Å². The molecule has 2 aromatic carbocycles. The van der Waals surface area contributed by atoms with Crippen molar-refractivity contribution < 1.29 is 27.6 Å². The predicted molar refractivity (Wildman–Crippen MR) is 89.0 cm³/mol. The maximum absolute atomic E-state index is 12.7. The first-order valence-corrected chi connectivity index (χ1v) is 8.32. The summed E-state index contributed by atoms with van der Waals surface area (Å²) < 4.78 is 38.0. The average molecular weight is 380 g/mol. The molecule has 0 saturated carbocycles. The fourth-order valence-corrected chi connectivity index (χ4v) is 3.11. The summed E-state index contributed by atoms with van der Waals surface area (Å²) in [7, 11) is 0. The molecule has 5 nitrogen and oxygen atoms in total. The van der Waals surface area contributed by atoms with Crippen molar-refractivity contribution in [3.63, 3.8) is 0 Å². The fraction of sp³-hybridized carbons (Fsp3) is 0.118. The lowest BCUT2D eigenvalue weighted by atomic mass is 10.1. The van der Waals surface area contributed by atoms with E-state index in [2.05, 4.69) is 10.6 Å². The lowest BCUT2D eigenvalue weighted by molar-refractivity contribution is -0.137. The molecular formula is C17H11F3N2O3S. The van der Waals surface area contributed by atoms with Crippen LogP contribution in [0.5, 0.6) is 0 Å². The zero-order chi connectivity index (χ0) is 18.9. The third-order valence-electron chi connectivity index (χ3n) is 3.55. The number of nitrogens with one attached hydrogen (secondary N) is 2. The van der Waals surface area contributed by atoms with Crippen LogP contribution in [0.1, 0.15) is 26.3 Å². The van der Waals surface area contributed by atoms with Gasteiger partial charge < -0.3 is 5.32 Å². The molecule has 0 atom stereocenters. The molecule has 1 aliphatic rings. The minimum Gasteiger partial charge on any atom is -0.325 e. The summed E-state index contributed by atoms with van der Waals surface area (Å²) in [6.45, 7) is 0. The number of hydrogen-bond acceptors (Lipinski definition) is 4. The fourth-order valence-electron chi connectivity index (χ4n) is 2.35. The van der Waals surface area contributed by atoms with Crippen molar-refractivity contribution in [1.29, 1.82) is 0 Å². The van der Waals surface area contributed by atoms with Gasteiger partial charge in [-0.2, -0.15) is 13.2 Å². The van der Waals surface area contributed by atoms with Crippen LogP contribution < -0.4 is 10.6 Å². The van der Waals surface area contributed by atoms with Gasteiger partial charge in [0.15, 0.2) is 0 Å². The lowest BCUT2D eigenvalue weighted by Gasteiger charge is -2.09. The molecule has 0 aromatic heterocycles. The van der Waals surface area contributed by atoms with Crippen LogP contribution in [-0.2, 0) is 11.0 Å². The Hall–Kier alpha value is -2.81. The van der Waals surface area contributed by atoms with Gasteiger partial charge in [-0.1, -0.05) is 6.07 Å². The van der Waals surface area contributed by atoms with E-state index in [4.69, 9.17) is 0 Å². The number of rotatable bonds is 4. The third kappa shape index (κ3) is 3.88. The maximum Gasteiger partial charge on any atom is 0.416 e. The minimum atomic E-state index is -4.44. The molecule has 0 bridgehead atoms. The Labute approximate surface area is 150 Å². The highest BCUT2D eigenvalue weighted by Gasteiger charge is 2.30. The first kappa shape index (κ1) is 18.0. The van der Waals surface area contributed by atoms with Crippen molar-refractivity contribution in [2.45, 2.75) is 11.1 Å². The largest absolute Gasteiger partial charge is 0.416 e. The number of thioether (sulfide) groups is 1. The topological polar surface area (TPSA) is 75.3 Å². The van der Waals surface area contributed by atoms with Crippen LogP contribution in [0.25, 0.3) is 0 Å². The van der Waals surface area contributed by atoms with Crippen molar-refractivity contribution in [1.82, 2.24) is 5.32 Å². The Morgan fingerprint density at radius 3 is 2.50 bits per heavy atom. The molecule has 0 fully saturated rings. The monoisotopic (exact) mass is 380 g/mol. The summed E-state index contributed by atoms with van der Waals surface area (Å²) in [5, 5.41) is 4.69. The van der Waals surface area contributed by atoms with E-state index in [0.717, 1.165) is 23.9 Å². The first-order chi connectivity index (χ1) is 12.2. The van der Waals surface area contributed by atoms with Crippen LogP contribution in [0, 0.1) is 0 Å². The van der Waals surface area contributed by atoms with Gasteiger partial charge in [0.05, 0.1) is 22.4 Å². The highest BCUT2D eigenvalue weighted by atomic mass is 32.2. The lowest BCUT2D eigenvalue weighted by Crippen LogP contribution is -2.19. The maximum atomic E-state index is 12.7. The van der Waals surface area contributed by atoms with Gasteiger partial charge in [0.2, 0.25) is 5.91 Å². The van der Waals surface area contributed by atoms with Gasteiger partial charge >= 0.3 is 6.18 Å². The molecule has 0 radical (unpaired) electrons. The number of anilines is 1. The molecule has 1 aliphatic heterocycles. The Morgan fingerprint density at radius 1 is 1.04 bits per heavy atom. The van der Waals surface area contributed by atoms with E-state index >= 15 is 0 Å². The Morgan fingerprint density at radius 2 is 1.77 bits per heavy atom. The highest BCUT2D eigenvalue weighted by molar-refractivity contribution is 8.00. The zero-order valence-corrected chi connectivity index (χ0v) is 13.8. The number of benzene rings is 2. The number of carbonyl (C=O) groups excluding carboxylic acids is 3. The van der Waals surface area contributed by atoms with E-state index in [9.17, 15) is 27.6 Å². The Kier molecular flexibility index (Phi) is 4.73. The summed E-state index contributed by atoms with van der Waals surface area (Å²) in [4.78, 5) is 35.4. The van der Waals surface area contributed by atoms with Gasteiger partial charge in [-0.25, -0.2) is 0 Å². The standard InChI is InChI=1S/C17H11F3N2O3S/c18-17(19,20)9-2-1-3-11(6-9)26-8-14(23)21-10-4-5-12-13(7-10)16(25)22-15(12)24/h1-7H,8H2,(H,21,23)(H,22,24,25). The number of carbonyl (C=O) groups is 3. The molecule has 3 rings (SSSR count). The van der Waals surface area contributed by atoms with Crippen molar-refractivity contribution >= 4 is 35.2 Å². The second-order valence-corrected chi connectivity index (χ2v) is 6.45. The van der Waals surface area contributed by atoms with Gasteiger partial charge in [-0.05, 0) is 36.4 Å². The molecule has 0 saturated heterocycles. The molecule has 1 heterocycles. The molecule has 0 spiro atoms. The number of hydrogen-bond donors (Lipinski definition) is 2. The van der Waals surface area contributed by atoms with Gasteiger partial charge in [0.1, 0.15) is 0 Å². The van der Waals surface area contributed by atoms with E-state index in [1.54, 1.807) is 0 Å². The normalized spacial score (nSPS) is 13.3. The zero-order valence-electron chi connectivity index (χ0n) is 13.0. The molecule has 0 aliphatic carbocycles. The summed E-state index contributed by atoms with van der Waals surface area (Å²) in [5.41, 5.74) is -0.0647. The number of halogens is 3. The summed E-state index contributed by atoms with van der Waals surface area (Å²) in [5.74, 6) is -1.59. The third-order valence-corrected chi connectivity index (χ3v) is 4.54. The number of amides is 3. The van der Waals surface area contributed by atoms with Crippen molar-refractivity contribution in [3.05, 3.63) is 59.2 Å². The molecule has 2 N–H and O–H groups in total. The summed E-state index contributed by atoms with van der Waals surface area (Å²) in [6.07, 6.45) is -4.44. The van der Waals surface area contributed by atoms with Gasteiger partial charge in [0.25, 0.3) is 11.8 Å². The van der Waals surface area contributed by atoms with Crippen LogP contribution in [-0.4, -0.2) is 23.5 Å². The van der Waals surface area contributed by atoms with Gasteiger partial charge in [-0.15, -0.1) is 11.8 Å². The highest BCUT2D eigenvalue weighted by Crippen LogP contribution is 2.32. The second-order valence-electron chi connectivity index (χ2n) is 5.41. The number of alkyl halides is 3. The predicted octanol–water partition coefficient (Wildman–Crippen LogP) is 3.32. The SMILES string of the molecule is O=C(CSc1cccc(C(F)(F)F)c1)Nc1ccc2c(c1)C(=O)NC2=O. The summed E-state index contributed by atoms with van der Waals surface area (Å²) in [6, 6.07) is 8.97. The average Bonchev–Trinajstić information content (AvgIpc) is 2.86. The minimum absolute atomic E-state index is 0.108. The van der Waals surface area contributed by atoms with Crippen LogP contribution >= 0.6 is 11.8 Å². The van der Waals surface area contributed by atoms with E-state index < -0.39 is 29.5 Å². The summed E-state index contributed by atoms with van der Waals surface area (Å²) >= 11 is 0.959. The quantitative estimate of drug-likeness (QED) is 0.630. The van der Waals surface area contributed by atoms with Gasteiger partial charge in [-0.3, -0.25) is 19.7 Å². The second kappa shape index (κ2) is 6.83. The van der Waals surface area contributed by atoms with Crippen LogP contribution in [0.2, 0.25) is 0 Å². The van der Waals surface area contributed by atoms with E-state index in [1.807, 2.05) is 0 Å². The van der Waals surface area contributed by atoms with E-state index in [0.29, 0.717) is 10.6 Å². The molecule has 26 heavy (non-hydrogen) atoms. The number of imide groups is 1. The molecule has 2 aromatic rings. The Balaban J connectivity index is 1.63. The van der Waals surface area contributed by atoms with Crippen molar-refractivity contribution in [3.8, 4) is 0 Å². The molecule has 0 unspecified atom stereocenters.